The summed E-state index contributed by atoms with van der Waals surface area (Å²) in [6.07, 6.45) is 3.32. The van der Waals surface area contributed by atoms with Crippen molar-refractivity contribution in [1.29, 1.82) is 0 Å². The molecule has 130 valence electrons. The molecule has 0 bridgehead atoms. The number of hydrogen-bond acceptors (Lipinski definition) is 7. The fourth-order valence-corrected chi connectivity index (χ4v) is 3.34. The monoisotopic (exact) mass is 359 g/mol. The molecule has 0 saturated heterocycles. The van der Waals surface area contributed by atoms with E-state index in [4.69, 9.17) is 4.74 Å². The second-order valence-electron chi connectivity index (χ2n) is 5.31. The Hall–Kier alpha value is -2.81. The van der Waals surface area contributed by atoms with Crippen LogP contribution >= 0.6 is 11.3 Å². The van der Waals surface area contributed by atoms with E-state index < -0.39 is 5.97 Å². The number of esters is 1. The Balaban J connectivity index is 1.73. The molecule has 8 nitrogen and oxygen atoms in total. The third-order valence-electron chi connectivity index (χ3n) is 3.59. The first-order valence-corrected chi connectivity index (χ1v) is 8.58. The number of aryl methyl sites for hydroxylation is 1. The van der Waals surface area contributed by atoms with Crippen LogP contribution in [-0.2, 0) is 16.1 Å². The summed E-state index contributed by atoms with van der Waals surface area (Å²) in [5.41, 5.74) is 1.94. The zero-order valence-corrected chi connectivity index (χ0v) is 14.9. The molecule has 3 rings (SSSR count). The highest BCUT2D eigenvalue weighted by molar-refractivity contribution is 7.14. The van der Waals surface area contributed by atoms with E-state index in [-0.39, 0.29) is 12.5 Å². The van der Waals surface area contributed by atoms with Gasteiger partial charge in [0.25, 0.3) is 0 Å². The van der Waals surface area contributed by atoms with E-state index in [0.29, 0.717) is 34.3 Å². The van der Waals surface area contributed by atoms with Crippen molar-refractivity contribution >= 4 is 34.0 Å². The van der Waals surface area contributed by atoms with Crippen molar-refractivity contribution in [2.45, 2.75) is 27.4 Å². The summed E-state index contributed by atoms with van der Waals surface area (Å²) in [5, 5.41) is 6.61. The fourth-order valence-electron chi connectivity index (χ4n) is 2.43. The van der Waals surface area contributed by atoms with Crippen LogP contribution in [-0.4, -0.2) is 38.0 Å². The Labute approximate surface area is 148 Å². The predicted molar refractivity (Wildman–Crippen MR) is 92.7 cm³/mol. The van der Waals surface area contributed by atoms with Crippen LogP contribution in [0.1, 0.15) is 35.6 Å². The molecule has 1 amide bonds. The summed E-state index contributed by atoms with van der Waals surface area (Å²) in [4.78, 5) is 34.1. The number of rotatable bonds is 5. The largest absolute Gasteiger partial charge is 0.455 e. The molecule has 0 N–H and O–H groups in total. The predicted octanol–water partition coefficient (Wildman–Crippen LogP) is 2.22. The first-order valence-electron chi connectivity index (χ1n) is 7.70. The van der Waals surface area contributed by atoms with Crippen molar-refractivity contribution in [1.82, 2.24) is 19.6 Å². The van der Waals surface area contributed by atoms with Gasteiger partial charge in [-0.2, -0.15) is 5.10 Å². The average Bonchev–Trinajstić information content (AvgIpc) is 3.16. The molecule has 3 aromatic rings. The quantitative estimate of drug-likeness (QED) is 0.649. The number of carbonyl (C=O) groups excluding carboxylic acids is 2. The molecule has 0 atom stereocenters. The molecule has 0 radical (unpaired) electrons. The maximum atomic E-state index is 12.4. The first-order chi connectivity index (χ1) is 12.0. The molecule has 0 spiro atoms. The Morgan fingerprint density at radius 3 is 2.92 bits per heavy atom. The lowest BCUT2D eigenvalue weighted by atomic mass is 10.2. The van der Waals surface area contributed by atoms with E-state index in [9.17, 15) is 9.59 Å². The number of nitrogens with zero attached hydrogens (tertiary/aromatic N) is 5. The van der Waals surface area contributed by atoms with Crippen LogP contribution < -0.4 is 4.90 Å². The van der Waals surface area contributed by atoms with E-state index in [1.165, 1.54) is 18.3 Å². The highest BCUT2D eigenvalue weighted by Gasteiger charge is 2.20. The van der Waals surface area contributed by atoms with Crippen molar-refractivity contribution in [2.75, 3.05) is 11.4 Å². The van der Waals surface area contributed by atoms with Gasteiger partial charge in [0.2, 0.25) is 5.91 Å². The van der Waals surface area contributed by atoms with Gasteiger partial charge < -0.3 is 4.74 Å². The van der Waals surface area contributed by atoms with Gasteiger partial charge in [-0.15, -0.1) is 11.3 Å². The maximum Gasteiger partial charge on any atom is 0.344 e. The van der Waals surface area contributed by atoms with Gasteiger partial charge in [-0.3, -0.25) is 9.69 Å². The molecule has 0 unspecified atom stereocenters. The van der Waals surface area contributed by atoms with Crippen LogP contribution in [0.2, 0.25) is 0 Å². The zero-order chi connectivity index (χ0) is 18.0. The number of ether oxygens (including phenoxy) is 1. The van der Waals surface area contributed by atoms with Gasteiger partial charge in [0.15, 0.2) is 10.8 Å². The molecule has 25 heavy (non-hydrogen) atoms. The SMILES string of the molecule is CCN(C(C)=O)c1nc(COC(=O)c2c(C)nn3cccnc23)cs1. The lowest BCUT2D eigenvalue weighted by molar-refractivity contribution is -0.116. The van der Waals surface area contributed by atoms with Crippen molar-refractivity contribution < 1.29 is 14.3 Å². The summed E-state index contributed by atoms with van der Waals surface area (Å²) in [6, 6.07) is 1.74. The van der Waals surface area contributed by atoms with Crippen LogP contribution in [0.3, 0.4) is 0 Å². The number of carbonyl (C=O) groups is 2. The minimum absolute atomic E-state index is 0.0222. The Morgan fingerprint density at radius 2 is 2.20 bits per heavy atom. The number of thiazole rings is 1. The van der Waals surface area contributed by atoms with Gasteiger partial charge in [0.1, 0.15) is 12.2 Å². The Morgan fingerprint density at radius 1 is 1.40 bits per heavy atom. The highest BCUT2D eigenvalue weighted by Crippen LogP contribution is 2.22. The summed E-state index contributed by atoms with van der Waals surface area (Å²) >= 11 is 1.34. The van der Waals surface area contributed by atoms with E-state index in [2.05, 4.69) is 15.1 Å². The van der Waals surface area contributed by atoms with Crippen LogP contribution in [0.25, 0.3) is 5.65 Å². The van der Waals surface area contributed by atoms with Gasteiger partial charge in [-0.05, 0) is 19.9 Å². The molecule has 3 heterocycles. The normalized spacial score (nSPS) is 10.8. The molecular formula is C16H17N5O3S. The van der Waals surface area contributed by atoms with Crippen LogP contribution in [0.4, 0.5) is 5.13 Å². The number of fused-ring (bicyclic) bond motifs is 1. The van der Waals surface area contributed by atoms with E-state index in [1.807, 2.05) is 6.92 Å². The van der Waals surface area contributed by atoms with E-state index in [1.54, 1.807) is 40.2 Å². The molecule has 3 aromatic heterocycles. The molecule has 9 heteroatoms. The zero-order valence-electron chi connectivity index (χ0n) is 14.1. The molecule has 0 aliphatic heterocycles. The minimum Gasteiger partial charge on any atom is -0.455 e. The maximum absolute atomic E-state index is 12.4. The third kappa shape index (κ3) is 3.36. The standard InChI is InChI=1S/C16H17N5O3S/c1-4-20(11(3)22)16-18-12(9-25-16)8-24-15(23)13-10(2)19-21-7-5-6-17-14(13)21/h5-7,9H,4,8H2,1-3H3. The van der Waals surface area contributed by atoms with Crippen LogP contribution in [0.15, 0.2) is 23.8 Å². The Kier molecular flexibility index (Phi) is 4.75. The van der Waals surface area contributed by atoms with Crippen LogP contribution in [0, 0.1) is 6.92 Å². The average molecular weight is 359 g/mol. The van der Waals surface area contributed by atoms with Crippen molar-refractivity contribution in [2.24, 2.45) is 0 Å². The molecule has 0 aliphatic rings. The van der Waals surface area contributed by atoms with Gasteiger partial charge in [-0.1, -0.05) is 0 Å². The van der Waals surface area contributed by atoms with Gasteiger partial charge >= 0.3 is 5.97 Å². The summed E-state index contributed by atoms with van der Waals surface area (Å²) in [5.74, 6) is -0.576. The molecular weight excluding hydrogens is 342 g/mol. The van der Waals surface area contributed by atoms with E-state index in [0.717, 1.165) is 0 Å². The summed E-state index contributed by atoms with van der Waals surface area (Å²) < 4.78 is 6.90. The van der Waals surface area contributed by atoms with Crippen molar-refractivity contribution in [3.05, 3.63) is 40.8 Å². The third-order valence-corrected chi connectivity index (χ3v) is 4.50. The smallest absolute Gasteiger partial charge is 0.344 e. The molecule has 0 fully saturated rings. The van der Waals surface area contributed by atoms with Crippen molar-refractivity contribution in [3.8, 4) is 0 Å². The Bertz CT molecular complexity index is 933. The molecule has 0 saturated carbocycles. The fraction of sp³-hybridized carbons (Fsp3) is 0.312. The molecule has 0 aliphatic carbocycles. The summed E-state index contributed by atoms with van der Waals surface area (Å²) in [6.45, 7) is 5.66. The lowest BCUT2D eigenvalue weighted by Crippen LogP contribution is -2.27. The van der Waals surface area contributed by atoms with E-state index >= 15 is 0 Å². The first kappa shape index (κ1) is 17.0. The number of aromatic nitrogens is 4. The lowest BCUT2D eigenvalue weighted by Gasteiger charge is -2.14. The van der Waals surface area contributed by atoms with Crippen LogP contribution in [0.5, 0.6) is 0 Å². The van der Waals surface area contributed by atoms with Gasteiger partial charge in [0.05, 0.1) is 11.4 Å². The number of amides is 1. The second kappa shape index (κ2) is 6.98. The molecule has 0 aromatic carbocycles. The topological polar surface area (TPSA) is 89.7 Å². The van der Waals surface area contributed by atoms with Gasteiger partial charge in [-0.25, -0.2) is 19.3 Å². The number of anilines is 1. The van der Waals surface area contributed by atoms with Crippen molar-refractivity contribution in [3.63, 3.8) is 0 Å². The number of hydrogen-bond donors (Lipinski definition) is 0. The van der Waals surface area contributed by atoms with Gasteiger partial charge in [0, 0.05) is 31.2 Å². The summed E-state index contributed by atoms with van der Waals surface area (Å²) in [7, 11) is 0. The minimum atomic E-state index is -0.500. The highest BCUT2D eigenvalue weighted by atomic mass is 32.1. The second-order valence-corrected chi connectivity index (χ2v) is 6.15.